The van der Waals surface area contributed by atoms with Crippen LogP contribution in [0.1, 0.15) is 38.7 Å². The number of ether oxygens (including phenoxy) is 1. The van der Waals surface area contributed by atoms with E-state index in [9.17, 15) is 14.7 Å². The lowest BCUT2D eigenvalue weighted by Gasteiger charge is -2.25. The summed E-state index contributed by atoms with van der Waals surface area (Å²) in [6.07, 6.45) is 0.745. The Balaban J connectivity index is 1.64. The fourth-order valence-corrected chi connectivity index (χ4v) is 3.41. The molecule has 0 saturated heterocycles. The van der Waals surface area contributed by atoms with Gasteiger partial charge in [-0.15, -0.1) is 0 Å². The predicted octanol–water partition coefficient (Wildman–Crippen LogP) is 5.03. The van der Waals surface area contributed by atoms with Crippen molar-refractivity contribution in [3.8, 4) is 5.88 Å². The number of carbonyl (C=O) groups is 2. The first-order chi connectivity index (χ1) is 14.5. The van der Waals surface area contributed by atoms with Crippen LogP contribution in [0.5, 0.6) is 5.88 Å². The van der Waals surface area contributed by atoms with Crippen molar-refractivity contribution in [1.82, 2.24) is 4.98 Å². The maximum Gasteiger partial charge on any atom is 0.310 e. The van der Waals surface area contributed by atoms with E-state index in [2.05, 4.69) is 10.3 Å². The molecule has 0 aliphatic carbocycles. The number of nitrogens with one attached hydrogen (secondary N) is 1. The molecule has 0 fully saturated rings. The van der Waals surface area contributed by atoms with E-state index in [0.717, 1.165) is 16.5 Å². The lowest BCUT2D eigenvalue weighted by molar-refractivity contribution is -0.151. The van der Waals surface area contributed by atoms with E-state index in [0.29, 0.717) is 31.0 Å². The van der Waals surface area contributed by atoms with Crippen molar-refractivity contribution >= 4 is 28.5 Å². The minimum Gasteiger partial charge on any atom is -0.481 e. The smallest absolute Gasteiger partial charge is 0.310 e. The molecule has 6 heteroatoms. The second-order valence-corrected chi connectivity index (χ2v) is 7.35. The minimum atomic E-state index is -1.04. The van der Waals surface area contributed by atoms with Crippen LogP contribution in [0.25, 0.3) is 10.9 Å². The number of amides is 1. The highest BCUT2D eigenvalue weighted by molar-refractivity contribution is 5.94. The van der Waals surface area contributed by atoms with Crippen LogP contribution in [0, 0.1) is 5.41 Å². The number of carboxylic acids is 1. The number of fused-ring (bicyclic) bond motifs is 1. The Labute approximate surface area is 175 Å². The van der Waals surface area contributed by atoms with E-state index in [4.69, 9.17) is 4.74 Å². The third kappa shape index (κ3) is 4.95. The van der Waals surface area contributed by atoms with Crippen LogP contribution in [0.15, 0.2) is 60.7 Å². The molecule has 0 aliphatic heterocycles. The van der Waals surface area contributed by atoms with Gasteiger partial charge in [0.05, 0.1) is 10.9 Å². The maximum atomic E-state index is 12.4. The Hall–Kier alpha value is -3.41. The van der Waals surface area contributed by atoms with E-state index in [1.165, 1.54) is 0 Å². The summed E-state index contributed by atoms with van der Waals surface area (Å²) in [5.41, 5.74) is 1.31. The SMILES string of the molecule is CCC(CC)(CC(=O)Nc1cccc(COc2ccc3ccccc3n2)c1)C(=O)O. The van der Waals surface area contributed by atoms with Crippen LogP contribution in [0.3, 0.4) is 0 Å². The first-order valence-electron chi connectivity index (χ1n) is 10.1. The van der Waals surface area contributed by atoms with Crippen LogP contribution in [0.4, 0.5) is 5.69 Å². The van der Waals surface area contributed by atoms with E-state index in [1.807, 2.05) is 54.6 Å². The zero-order valence-corrected chi connectivity index (χ0v) is 17.2. The van der Waals surface area contributed by atoms with Crippen LogP contribution in [0.2, 0.25) is 0 Å². The molecule has 6 nitrogen and oxygen atoms in total. The fraction of sp³-hybridized carbons (Fsp3) is 0.292. The number of nitrogens with zero attached hydrogens (tertiary/aromatic N) is 1. The molecule has 156 valence electrons. The number of hydrogen-bond donors (Lipinski definition) is 2. The van der Waals surface area contributed by atoms with Gasteiger partial charge < -0.3 is 15.2 Å². The van der Waals surface area contributed by atoms with Gasteiger partial charge in [0, 0.05) is 23.6 Å². The summed E-state index contributed by atoms with van der Waals surface area (Å²) in [5.74, 6) is -0.719. The fourth-order valence-electron chi connectivity index (χ4n) is 3.41. The van der Waals surface area contributed by atoms with Crippen LogP contribution in [-0.4, -0.2) is 22.0 Å². The van der Waals surface area contributed by atoms with Crippen LogP contribution < -0.4 is 10.1 Å². The number of benzene rings is 2. The van der Waals surface area contributed by atoms with Crippen molar-refractivity contribution < 1.29 is 19.4 Å². The van der Waals surface area contributed by atoms with Crippen LogP contribution in [-0.2, 0) is 16.2 Å². The topological polar surface area (TPSA) is 88.5 Å². The Morgan fingerprint density at radius 2 is 1.80 bits per heavy atom. The zero-order valence-electron chi connectivity index (χ0n) is 17.2. The molecule has 0 aliphatic rings. The Bertz CT molecular complexity index is 1040. The molecule has 3 rings (SSSR count). The highest BCUT2D eigenvalue weighted by atomic mass is 16.5. The maximum absolute atomic E-state index is 12.4. The number of carboxylic acid groups (broad SMARTS) is 1. The molecule has 30 heavy (non-hydrogen) atoms. The quantitative estimate of drug-likeness (QED) is 0.520. The summed E-state index contributed by atoms with van der Waals surface area (Å²) in [6, 6.07) is 18.9. The summed E-state index contributed by atoms with van der Waals surface area (Å²) in [5, 5.41) is 13.4. The van der Waals surface area contributed by atoms with E-state index in [1.54, 1.807) is 19.9 Å². The van der Waals surface area contributed by atoms with Gasteiger partial charge in [-0.2, -0.15) is 0 Å². The molecule has 1 amide bonds. The lowest BCUT2D eigenvalue weighted by Crippen LogP contribution is -2.34. The third-order valence-electron chi connectivity index (χ3n) is 5.48. The van der Waals surface area contributed by atoms with Gasteiger partial charge in [-0.25, -0.2) is 4.98 Å². The van der Waals surface area contributed by atoms with E-state index >= 15 is 0 Å². The summed E-state index contributed by atoms with van der Waals surface area (Å²) in [6.45, 7) is 3.89. The number of carbonyl (C=O) groups excluding carboxylic acids is 1. The second-order valence-electron chi connectivity index (χ2n) is 7.35. The average Bonchev–Trinajstić information content (AvgIpc) is 2.76. The Morgan fingerprint density at radius 3 is 2.53 bits per heavy atom. The van der Waals surface area contributed by atoms with Crippen molar-refractivity contribution in [3.05, 3.63) is 66.2 Å². The van der Waals surface area contributed by atoms with Gasteiger partial charge in [0.2, 0.25) is 11.8 Å². The van der Waals surface area contributed by atoms with Gasteiger partial charge >= 0.3 is 5.97 Å². The largest absolute Gasteiger partial charge is 0.481 e. The van der Waals surface area contributed by atoms with Crippen molar-refractivity contribution in [2.75, 3.05) is 5.32 Å². The average molecular weight is 406 g/mol. The number of anilines is 1. The molecule has 3 aromatic rings. The number of para-hydroxylation sites is 1. The highest BCUT2D eigenvalue weighted by Gasteiger charge is 2.37. The second kappa shape index (κ2) is 9.39. The molecule has 0 unspecified atom stereocenters. The monoisotopic (exact) mass is 406 g/mol. The molecule has 0 saturated carbocycles. The summed E-state index contributed by atoms with van der Waals surface area (Å²) in [7, 11) is 0. The molecule has 2 aromatic carbocycles. The van der Waals surface area contributed by atoms with E-state index < -0.39 is 11.4 Å². The molecule has 1 aromatic heterocycles. The van der Waals surface area contributed by atoms with Gasteiger partial charge in [0.25, 0.3) is 0 Å². The van der Waals surface area contributed by atoms with Gasteiger partial charge in [0.15, 0.2) is 0 Å². The number of aliphatic carboxylic acids is 1. The van der Waals surface area contributed by atoms with E-state index in [-0.39, 0.29) is 12.3 Å². The molecule has 0 atom stereocenters. The lowest BCUT2D eigenvalue weighted by atomic mass is 9.79. The molecule has 0 radical (unpaired) electrons. The van der Waals surface area contributed by atoms with Crippen LogP contribution >= 0.6 is 0 Å². The Morgan fingerprint density at radius 1 is 1.03 bits per heavy atom. The zero-order chi connectivity index (χ0) is 21.6. The van der Waals surface area contributed by atoms with Gasteiger partial charge in [0.1, 0.15) is 6.61 Å². The van der Waals surface area contributed by atoms with Crippen molar-refractivity contribution in [2.45, 2.75) is 39.7 Å². The van der Waals surface area contributed by atoms with Crippen molar-refractivity contribution in [1.29, 1.82) is 0 Å². The molecule has 0 bridgehead atoms. The minimum absolute atomic E-state index is 0.0585. The number of rotatable bonds is 9. The molecular formula is C24H26N2O4. The number of pyridine rings is 1. The van der Waals surface area contributed by atoms with Crippen molar-refractivity contribution in [2.24, 2.45) is 5.41 Å². The highest BCUT2D eigenvalue weighted by Crippen LogP contribution is 2.31. The summed E-state index contributed by atoms with van der Waals surface area (Å²) in [4.78, 5) is 28.6. The predicted molar refractivity (Wildman–Crippen MR) is 116 cm³/mol. The first-order valence-corrected chi connectivity index (χ1v) is 10.1. The normalized spacial score (nSPS) is 11.3. The van der Waals surface area contributed by atoms with Gasteiger partial charge in [-0.1, -0.05) is 44.2 Å². The number of hydrogen-bond acceptors (Lipinski definition) is 4. The summed E-state index contributed by atoms with van der Waals surface area (Å²) < 4.78 is 5.81. The third-order valence-corrected chi connectivity index (χ3v) is 5.48. The first kappa shape index (κ1) is 21.3. The molecule has 2 N–H and O–H groups in total. The number of aromatic nitrogens is 1. The van der Waals surface area contributed by atoms with Gasteiger partial charge in [-0.3, -0.25) is 9.59 Å². The summed E-state index contributed by atoms with van der Waals surface area (Å²) >= 11 is 0. The van der Waals surface area contributed by atoms with Gasteiger partial charge in [-0.05, 0) is 42.7 Å². The van der Waals surface area contributed by atoms with Crippen molar-refractivity contribution in [3.63, 3.8) is 0 Å². The molecule has 1 heterocycles. The molecular weight excluding hydrogens is 380 g/mol. The Kier molecular flexibility index (Phi) is 6.67. The molecule has 0 spiro atoms. The standard InChI is InChI=1S/C24H26N2O4/c1-3-24(4-2,23(28)29)15-21(27)25-19-10-7-8-17(14-19)16-30-22-13-12-18-9-5-6-11-20(18)26-22/h5-14H,3-4,15-16H2,1-2H3,(H,25,27)(H,28,29).